The smallest absolute Gasteiger partial charge is 0.338 e. The maximum atomic E-state index is 12.4. The van der Waals surface area contributed by atoms with Crippen LogP contribution in [-0.4, -0.2) is 18.5 Å². The number of esters is 1. The fourth-order valence-electron chi connectivity index (χ4n) is 2.49. The van der Waals surface area contributed by atoms with Gasteiger partial charge >= 0.3 is 5.97 Å². The molecule has 0 aliphatic rings. The van der Waals surface area contributed by atoms with Gasteiger partial charge in [-0.2, -0.15) is 0 Å². The van der Waals surface area contributed by atoms with E-state index >= 15 is 0 Å². The third-order valence-corrected chi connectivity index (χ3v) is 3.87. The first-order valence-corrected chi connectivity index (χ1v) is 8.75. The number of ether oxygens (including phenoxy) is 1. The number of anilines is 1. The zero-order chi connectivity index (χ0) is 18.1. The highest BCUT2D eigenvalue weighted by Gasteiger charge is 2.12. The minimum absolute atomic E-state index is 0.247. The maximum Gasteiger partial charge on any atom is 0.338 e. The first-order valence-electron chi connectivity index (χ1n) is 8.75. The number of amides is 1. The van der Waals surface area contributed by atoms with Crippen LogP contribution in [0.1, 0.15) is 58.9 Å². The van der Waals surface area contributed by atoms with Crippen LogP contribution in [0.2, 0.25) is 0 Å². The van der Waals surface area contributed by atoms with Gasteiger partial charge < -0.3 is 10.1 Å². The van der Waals surface area contributed by atoms with Crippen molar-refractivity contribution in [2.45, 2.75) is 39.5 Å². The molecule has 1 N–H and O–H groups in total. The van der Waals surface area contributed by atoms with Crippen LogP contribution in [0.15, 0.2) is 48.5 Å². The Bertz CT molecular complexity index is 725. The standard InChI is InChI=1S/C21H25NO3/c1-3-4-5-6-13-25-21(24)18-11-8-10-17(15-18)20(23)22-19-12-7-9-16(2)14-19/h7-12,14-15H,3-6,13H2,1-2H3,(H,22,23). The number of unbranched alkanes of at least 4 members (excludes halogenated alkanes) is 3. The van der Waals surface area contributed by atoms with E-state index in [1.54, 1.807) is 24.3 Å². The van der Waals surface area contributed by atoms with Crippen LogP contribution in [0.25, 0.3) is 0 Å². The van der Waals surface area contributed by atoms with Crippen LogP contribution in [-0.2, 0) is 4.74 Å². The molecule has 0 fully saturated rings. The average Bonchev–Trinajstić information content (AvgIpc) is 2.61. The lowest BCUT2D eigenvalue weighted by Gasteiger charge is -2.08. The van der Waals surface area contributed by atoms with Crippen molar-refractivity contribution in [2.75, 3.05) is 11.9 Å². The summed E-state index contributed by atoms with van der Waals surface area (Å²) in [5.74, 6) is -0.634. The molecule has 0 radical (unpaired) electrons. The SMILES string of the molecule is CCCCCCOC(=O)c1cccc(C(=O)Nc2cccc(C)c2)c1. The number of aryl methyl sites for hydroxylation is 1. The van der Waals surface area contributed by atoms with Crippen LogP contribution in [0.5, 0.6) is 0 Å². The van der Waals surface area contributed by atoms with Crippen molar-refractivity contribution in [1.82, 2.24) is 0 Å². The van der Waals surface area contributed by atoms with E-state index in [-0.39, 0.29) is 11.9 Å². The van der Waals surface area contributed by atoms with Crippen molar-refractivity contribution < 1.29 is 14.3 Å². The third-order valence-electron chi connectivity index (χ3n) is 3.87. The van der Waals surface area contributed by atoms with E-state index in [2.05, 4.69) is 12.2 Å². The lowest BCUT2D eigenvalue weighted by atomic mass is 10.1. The Morgan fingerprint density at radius 3 is 2.48 bits per heavy atom. The van der Waals surface area contributed by atoms with E-state index in [9.17, 15) is 9.59 Å². The molecule has 0 aliphatic carbocycles. The van der Waals surface area contributed by atoms with E-state index in [1.165, 1.54) is 0 Å². The first-order chi connectivity index (χ1) is 12.1. The van der Waals surface area contributed by atoms with Gasteiger partial charge in [0.05, 0.1) is 12.2 Å². The molecule has 0 atom stereocenters. The number of benzene rings is 2. The van der Waals surface area contributed by atoms with Gasteiger partial charge in [-0.1, -0.05) is 44.4 Å². The van der Waals surface area contributed by atoms with Gasteiger partial charge in [0.15, 0.2) is 0 Å². The van der Waals surface area contributed by atoms with Crippen LogP contribution in [0.4, 0.5) is 5.69 Å². The molecule has 2 aromatic rings. The molecule has 2 rings (SSSR count). The van der Waals surface area contributed by atoms with Crippen molar-refractivity contribution in [3.8, 4) is 0 Å². The largest absolute Gasteiger partial charge is 0.462 e. The molecule has 0 saturated carbocycles. The van der Waals surface area contributed by atoms with E-state index in [1.807, 2.05) is 31.2 Å². The minimum atomic E-state index is -0.387. The third kappa shape index (κ3) is 6.07. The van der Waals surface area contributed by atoms with Gasteiger partial charge in [-0.25, -0.2) is 4.79 Å². The van der Waals surface area contributed by atoms with Gasteiger partial charge in [0.1, 0.15) is 0 Å². The average molecular weight is 339 g/mol. The molecule has 0 bridgehead atoms. The van der Waals surface area contributed by atoms with E-state index in [0.717, 1.165) is 36.9 Å². The lowest BCUT2D eigenvalue weighted by molar-refractivity contribution is 0.0498. The van der Waals surface area contributed by atoms with Gasteiger partial charge in [-0.3, -0.25) is 4.79 Å². The molecule has 0 spiro atoms. The van der Waals surface area contributed by atoms with Crippen LogP contribution in [0.3, 0.4) is 0 Å². The van der Waals surface area contributed by atoms with E-state index < -0.39 is 0 Å². The summed E-state index contributed by atoms with van der Waals surface area (Å²) in [7, 11) is 0. The van der Waals surface area contributed by atoms with Crippen molar-refractivity contribution in [3.63, 3.8) is 0 Å². The Morgan fingerprint density at radius 1 is 0.960 bits per heavy atom. The summed E-state index contributed by atoms with van der Waals surface area (Å²) < 4.78 is 5.27. The van der Waals surface area contributed by atoms with Crippen LogP contribution >= 0.6 is 0 Å². The molecule has 0 heterocycles. The molecule has 0 saturated heterocycles. The highest BCUT2D eigenvalue weighted by Crippen LogP contribution is 2.13. The van der Waals surface area contributed by atoms with Crippen molar-refractivity contribution in [3.05, 3.63) is 65.2 Å². The van der Waals surface area contributed by atoms with Gasteiger partial charge in [0, 0.05) is 11.3 Å². The summed E-state index contributed by atoms with van der Waals surface area (Å²) in [6.45, 7) is 4.52. The number of nitrogens with one attached hydrogen (secondary N) is 1. The van der Waals surface area contributed by atoms with Gasteiger partial charge in [-0.15, -0.1) is 0 Å². The second-order valence-corrected chi connectivity index (χ2v) is 6.10. The molecule has 25 heavy (non-hydrogen) atoms. The highest BCUT2D eigenvalue weighted by molar-refractivity contribution is 6.05. The first kappa shape index (κ1) is 18.7. The quantitative estimate of drug-likeness (QED) is 0.545. The zero-order valence-corrected chi connectivity index (χ0v) is 14.9. The molecule has 4 heteroatoms. The molecule has 4 nitrogen and oxygen atoms in total. The Kier molecular flexibility index (Phi) is 7.20. The molecule has 0 aliphatic heterocycles. The molecule has 0 unspecified atom stereocenters. The second kappa shape index (κ2) is 9.62. The maximum absolute atomic E-state index is 12.4. The number of carbonyl (C=O) groups is 2. The predicted octanol–water partition coefficient (Wildman–Crippen LogP) is 4.98. The highest BCUT2D eigenvalue weighted by atomic mass is 16.5. The van der Waals surface area contributed by atoms with Crippen molar-refractivity contribution >= 4 is 17.6 Å². The van der Waals surface area contributed by atoms with Crippen molar-refractivity contribution in [1.29, 1.82) is 0 Å². The molecule has 1 amide bonds. The fourth-order valence-corrected chi connectivity index (χ4v) is 2.49. The molecular weight excluding hydrogens is 314 g/mol. The minimum Gasteiger partial charge on any atom is -0.462 e. The number of carbonyl (C=O) groups excluding carboxylic acids is 2. The summed E-state index contributed by atoms with van der Waals surface area (Å²) in [6.07, 6.45) is 4.22. The van der Waals surface area contributed by atoms with Crippen LogP contribution in [0, 0.1) is 6.92 Å². The normalized spacial score (nSPS) is 10.3. The summed E-state index contributed by atoms with van der Waals surface area (Å²) in [6, 6.07) is 14.2. The second-order valence-electron chi connectivity index (χ2n) is 6.10. The van der Waals surface area contributed by atoms with Gasteiger partial charge in [-0.05, 0) is 49.2 Å². The zero-order valence-electron chi connectivity index (χ0n) is 14.9. The van der Waals surface area contributed by atoms with E-state index in [0.29, 0.717) is 17.7 Å². The van der Waals surface area contributed by atoms with Gasteiger partial charge in [0.25, 0.3) is 5.91 Å². The van der Waals surface area contributed by atoms with Crippen molar-refractivity contribution in [2.24, 2.45) is 0 Å². The molecule has 132 valence electrons. The molecular formula is C21H25NO3. The monoisotopic (exact) mass is 339 g/mol. The fraction of sp³-hybridized carbons (Fsp3) is 0.333. The van der Waals surface area contributed by atoms with Gasteiger partial charge in [0.2, 0.25) is 0 Å². The molecule has 0 aromatic heterocycles. The Hall–Kier alpha value is -2.62. The Labute approximate surface area is 149 Å². The summed E-state index contributed by atoms with van der Waals surface area (Å²) in [5, 5.41) is 2.84. The number of hydrogen-bond donors (Lipinski definition) is 1. The molecule has 2 aromatic carbocycles. The Balaban J connectivity index is 1.95. The number of rotatable bonds is 8. The predicted molar refractivity (Wildman–Crippen MR) is 100.0 cm³/mol. The summed E-state index contributed by atoms with van der Waals surface area (Å²) in [5.41, 5.74) is 2.63. The topological polar surface area (TPSA) is 55.4 Å². The van der Waals surface area contributed by atoms with Crippen LogP contribution < -0.4 is 5.32 Å². The Morgan fingerprint density at radius 2 is 1.72 bits per heavy atom. The summed E-state index contributed by atoms with van der Waals surface area (Å²) >= 11 is 0. The number of hydrogen-bond acceptors (Lipinski definition) is 3. The summed E-state index contributed by atoms with van der Waals surface area (Å²) in [4.78, 5) is 24.5. The lowest BCUT2D eigenvalue weighted by Crippen LogP contribution is -2.13. The van der Waals surface area contributed by atoms with E-state index in [4.69, 9.17) is 4.74 Å².